The molecular formula is C18H27ClN2O2. The van der Waals surface area contributed by atoms with Crippen molar-refractivity contribution < 1.29 is 9.53 Å². The number of amides is 1. The summed E-state index contributed by atoms with van der Waals surface area (Å²) in [6.45, 7) is 6.14. The number of halogens is 1. The zero-order valence-corrected chi connectivity index (χ0v) is 14.7. The van der Waals surface area contributed by atoms with Gasteiger partial charge in [0.15, 0.2) is 6.61 Å². The summed E-state index contributed by atoms with van der Waals surface area (Å²) < 4.78 is 5.54. The lowest BCUT2D eigenvalue weighted by Gasteiger charge is -2.19. The van der Waals surface area contributed by atoms with Gasteiger partial charge in [0.2, 0.25) is 0 Å². The van der Waals surface area contributed by atoms with E-state index >= 15 is 0 Å². The van der Waals surface area contributed by atoms with Crippen LogP contribution < -0.4 is 10.1 Å². The van der Waals surface area contributed by atoms with Gasteiger partial charge >= 0.3 is 0 Å². The predicted octanol–water partition coefficient (Wildman–Crippen LogP) is 3.41. The molecule has 1 saturated heterocycles. The van der Waals surface area contributed by atoms with Gasteiger partial charge in [-0.25, -0.2) is 0 Å². The second kappa shape index (κ2) is 9.78. The van der Waals surface area contributed by atoms with Crippen LogP contribution in [0.15, 0.2) is 18.2 Å². The van der Waals surface area contributed by atoms with E-state index in [-0.39, 0.29) is 12.5 Å². The molecular weight excluding hydrogens is 312 g/mol. The third-order valence-electron chi connectivity index (χ3n) is 4.17. The van der Waals surface area contributed by atoms with E-state index in [2.05, 4.69) is 10.2 Å². The maximum Gasteiger partial charge on any atom is 0.257 e. The molecule has 1 aromatic rings. The molecule has 0 radical (unpaired) electrons. The fraction of sp³-hybridized carbons (Fsp3) is 0.611. The molecule has 128 valence electrons. The van der Waals surface area contributed by atoms with Crippen molar-refractivity contribution in [2.75, 3.05) is 32.8 Å². The van der Waals surface area contributed by atoms with Crippen LogP contribution in [0.25, 0.3) is 0 Å². The zero-order valence-electron chi connectivity index (χ0n) is 13.9. The van der Waals surface area contributed by atoms with Gasteiger partial charge in [-0.05, 0) is 69.6 Å². The van der Waals surface area contributed by atoms with Crippen LogP contribution in [0.1, 0.15) is 37.7 Å². The predicted molar refractivity (Wildman–Crippen MR) is 94.2 cm³/mol. The number of aryl methyl sites for hydroxylation is 1. The molecule has 5 heteroatoms. The van der Waals surface area contributed by atoms with Crippen molar-refractivity contribution in [1.82, 2.24) is 10.2 Å². The Kier molecular flexibility index (Phi) is 7.69. The lowest BCUT2D eigenvalue weighted by molar-refractivity contribution is -0.123. The summed E-state index contributed by atoms with van der Waals surface area (Å²) in [6.07, 6.45) is 6.32. The Morgan fingerprint density at radius 1 is 1.26 bits per heavy atom. The first-order valence-corrected chi connectivity index (χ1v) is 8.91. The minimum Gasteiger partial charge on any atom is -0.484 e. The van der Waals surface area contributed by atoms with Crippen molar-refractivity contribution in [3.63, 3.8) is 0 Å². The van der Waals surface area contributed by atoms with Crippen LogP contribution >= 0.6 is 11.6 Å². The van der Waals surface area contributed by atoms with Crippen molar-refractivity contribution in [2.24, 2.45) is 0 Å². The van der Waals surface area contributed by atoms with Gasteiger partial charge in [-0.3, -0.25) is 4.79 Å². The number of ether oxygens (including phenoxy) is 1. The molecule has 0 bridgehead atoms. The highest BCUT2D eigenvalue weighted by Crippen LogP contribution is 2.21. The molecule has 1 N–H and O–H groups in total. The average Bonchev–Trinajstić information content (AvgIpc) is 2.79. The molecule has 1 amide bonds. The lowest BCUT2D eigenvalue weighted by Crippen LogP contribution is -2.33. The van der Waals surface area contributed by atoms with E-state index in [9.17, 15) is 4.79 Å². The SMILES string of the molecule is Cc1cc(Cl)ccc1OCC(=O)NCCCN1CCCCCC1. The summed E-state index contributed by atoms with van der Waals surface area (Å²) in [4.78, 5) is 14.3. The van der Waals surface area contributed by atoms with Gasteiger partial charge in [-0.2, -0.15) is 0 Å². The third kappa shape index (κ3) is 6.80. The summed E-state index contributed by atoms with van der Waals surface area (Å²) in [5.74, 6) is 0.629. The van der Waals surface area contributed by atoms with Gasteiger partial charge in [-0.1, -0.05) is 24.4 Å². The van der Waals surface area contributed by atoms with Gasteiger partial charge < -0.3 is 15.0 Å². The second-order valence-corrected chi connectivity index (χ2v) is 6.59. The van der Waals surface area contributed by atoms with Crippen LogP contribution in [0.2, 0.25) is 5.02 Å². The Morgan fingerprint density at radius 2 is 2.00 bits per heavy atom. The summed E-state index contributed by atoms with van der Waals surface area (Å²) in [6, 6.07) is 5.39. The summed E-state index contributed by atoms with van der Waals surface area (Å²) in [5, 5.41) is 3.60. The molecule has 1 aliphatic heterocycles. The highest BCUT2D eigenvalue weighted by atomic mass is 35.5. The molecule has 0 saturated carbocycles. The van der Waals surface area contributed by atoms with Crippen molar-refractivity contribution in [3.05, 3.63) is 28.8 Å². The third-order valence-corrected chi connectivity index (χ3v) is 4.40. The molecule has 0 aliphatic carbocycles. The molecule has 4 nitrogen and oxygen atoms in total. The molecule has 1 aliphatic rings. The van der Waals surface area contributed by atoms with Crippen LogP contribution in [-0.4, -0.2) is 43.6 Å². The topological polar surface area (TPSA) is 41.6 Å². The van der Waals surface area contributed by atoms with Crippen LogP contribution in [0.5, 0.6) is 5.75 Å². The van der Waals surface area contributed by atoms with E-state index in [1.54, 1.807) is 12.1 Å². The average molecular weight is 339 g/mol. The van der Waals surface area contributed by atoms with Crippen LogP contribution in [-0.2, 0) is 4.79 Å². The van der Waals surface area contributed by atoms with Crippen LogP contribution in [0.3, 0.4) is 0 Å². The van der Waals surface area contributed by atoms with Gasteiger partial charge in [0, 0.05) is 11.6 Å². The Balaban J connectivity index is 1.59. The van der Waals surface area contributed by atoms with E-state index in [0.717, 1.165) is 18.5 Å². The number of rotatable bonds is 7. The number of benzene rings is 1. The summed E-state index contributed by atoms with van der Waals surface area (Å²) in [7, 11) is 0. The molecule has 2 rings (SSSR count). The maximum atomic E-state index is 11.8. The van der Waals surface area contributed by atoms with Crippen molar-refractivity contribution in [3.8, 4) is 5.75 Å². The first-order chi connectivity index (χ1) is 11.1. The standard InChI is InChI=1S/C18H27ClN2O2/c1-15-13-16(19)7-8-17(15)23-14-18(22)20-9-6-12-21-10-4-2-3-5-11-21/h7-8,13H,2-6,9-12,14H2,1H3,(H,20,22). The molecule has 0 unspecified atom stereocenters. The Labute approximate surface area is 144 Å². The molecule has 23 heavy (non-hydrogen) atoms. The van der Waals surface area contributed by atoms with E-state index < -0.39 is 0 Å². The molecule has 1 aromatic carbocycles. The quantitative estimate of drug-likeness (QED) is 0.775. The molecule has 1 heterocycles. The largest absolute Gasteiger partial charge is 0.484 e. The summed E-state index contributed by atoms with van der Waals surface area (Å²) >= 11 is 5.90. The Morgan fingerprint density at radius 3 is 2.70 bits per heavy atom. The second-order valence-electron chi connectivity index (χ2n) is 6.16. The molecule has 1 fully saturated rings. The number of likely N-dealkylation sites (tertiary alicyclic amines) is 1. The van der Waals surface area contributed by atoms with Gasteiger partial charge in [-0.15, -0.1) is 0 Å². The van der Waals surface area contributed by atoms with Gasteiger partial charge in [0.25, 0.3) is 5.91 Å². The highest BCUT2D eigenvalue weighted by Gasteiger charge is 2.09. The number of carbonyl (C=O) groups is 1. The number of hydrogen-bond acceptors (Lipinski definition) is 3. The highest BCUT2D eigenvalue weighted by molar-refractivity contribution is 6.30. The Bertz CT molecular complexity index is 500. The van der Waals surface area contributed by atoms with Crippen molar-refractivity contribution >= 4 is 17.5 Å². The zero-order chi connectivity index (χ0) is 16.5. The van der Waals surface area contributed by atoms with Crippen molar-refractivity contribution in [2.45, 2.75) is 39.0 Å². The fourth-order valence-corrected chi connectivity index (χ4v) is 3.09. The Hall–Kier alpha value is -1.26. The van der Waals surface area contributed by atoms with Crippen LogP contribution in [0, 0.1) is 6.92 Å². The van der Waals surface area contributed by atoms with E-state index in [0.29, 0.717) is 17.3 Å². The number of nitrogens with zero attached hydrogens (tertiary/aromatic N) is 1. The van der Waals surface area contributed by atoms with Gasteiger partial charge in [0.1, 0.15) is 5.75 Å². The molecule has 0 spiro atoms. The van der Waals surface area contributed by atoms with Crippen LogP contribution in [0.4, 0.5) is 0 Å². The van der Waals surface area contributed by atoms with E-state index in [4.69, 9.17) is 16.3 Å². The van der Waals surface area contributed by atoms with E-state index in [1.807, 2.05) is 13.0 Å². The number of carbonyl (C=O) groups excluding carboxylic acids is 1. The normalized spacial score (nSPS) is 15.9. The number of hydrogen-bond donors (Lipinski definition) is 1. The summed E-state index contributed by atoms with van der Waals surface area (Å²) in [5.41, 5.74) is 0.937. The fourth-order valence-electron chi connectivity index (χ4n) is 2.86. The monoisotopic (exact) mass is 338 g/mol. The maximum absolute atomic E-state index is 11.8. The van der Waals surface area contributed by atoms with E-state index in [1.165, 1.54) is 38.8 Å². The minimum atomic E-state index is -0.0739. The lowest BCUT2D eigenvalue weighted by atomic mass is 10.2. The first kappa shape index (κ1) is 18.1. The first-order valence-electron chi connectivity index (χ1n) is 8.53. The van der Waals surface area contributed by atoms with Crippen molar-refractivity contribution in [1.29, 1.82) is 0 Å². The van der Waals surface area contributed by atoms with Gasteiger partial charge in [0.05, 0.1) is 0 Å². The molecule has 0 aromatic heterocycles. The number of nitrogens with one attached hydrogen (secondary N) is 1. The minimum absolute atomic E-state index is 0.0478. The smallest absolute Gasteiger partial charge is 0.257 e. The molecule has 0 atom stereocenters.